The van der Waals surface area contributed by atoms with Gasteiger partial charge in [0, 0.05) is 11.1 Å². The molecule has 3 aromatic rings. The van der Waals surface area contributed by atoms with Crippen LogP contribution in [0.15, 0.2) is 76.1 Å². The molecule has 0 saturated carbocycles. The van der Waals surface area contributed by atoms with E-state index in [4.69, 9.17) is 4.74 Å². The minimum atomic E-state index is -0.692. The number of pyridine rings is 1. The highest BCUT2D eigenvalue weighted by Crippen LogP contribution is 2.28. The van der Waals surface area contributed by atoms with Crippen molar-refractivity contribution in [2.24, 2.45) is 0 Å². The monoisotopic (exact) mass is 398 g/mol. The number of rotatable bonds is 6. The minimum Gasteiger partial charge on any atom is -0.452 e. The average Bonchev–Trinajstić information content (AvgIpc) is 3.22. The number of hydrogen-bond acceptors (Lipinski definition) is 7. The van der Waals surface area contributed by atoms with E-state index < -0.39 is 24.4 Å². The molecule has 27 heavy (non-hydrogen) atoms. The lowest BCUT2D eigenvalue weighted by Crippen LogP contribution is -2.33. The van der Waals surface area contributed by atoms with Crippen LogP contribution >= 0.6 is 23.1 Å². The maximum absolute atomic E-state index is 12.3. The van der Waals surface area contributed by atoms with Crippen LogP contribution in [0.1, 0.15) is 20.0 Å². The van der Waals surface area contributed by atoms with Gasteiger partial charge in [-0.3, -0.25) is 14.9 Å². The summed E-state index contributed by atoms with van der Waals surface area (Å²) in [5.74, 6) is -1.89. The van der Waals surface area contributed by atoms with Gasteiger partial charge in [-0.05, 0) is 35.7 Å². The van der Waals surface area contributed by atoms with E-state index in [1.807, 2.05) is 30.3 Å². The number of ether oxygens (including phenoxy) is 1. The number of benzene rings is 1. The molecule has 2 heterocycles. The lowest BCUT2D eigenvalue weighted by molar-refractivity contribution is -0.123. The lowest BCUT2D eigenvalue weighted by Gasteiger charge is -2.08. The molecule has 0 fully saturated rings. The number of amides is 2. The molecule has 2 aromatic heterocycles. The Morgan fingerprint density at radius 3 is 2.59 bits per heavy atom. The number of carbonyl (C=O) groups is 3. The topological polar surface area (TPSA) is 85.4 Å². The molecule has 6 nitrogen and oxygen atoms in total. The molecule has 3 rings (SSSR count). The Bertz CT molecular complexity index is 943. The van der Waals surface area contributed by atoms with Crippen LogP contribution < -0.4 is 5.32 Å². The zero-order valence-corrected chi connectivity index (χ0v) is 15.6. The quantitative estimate of drug-likeness (QED) is 0.641. The molecular formula is C19H14N2O4S2. The number of aromatic nitrogens is 1. The lowest BCUT2D eigenvalue weighted by atomic mass is 10.3. The molecule has 0 radical (unpaired) electrons. The smallest absolute Gasteiger partial charge is 0.341 e. The average molecular weight is 398 g/mol. The second-order valence-corrected chi connectivity index (χ2v) is 7.21. The van der Waals surface area contributed by atoms with Crippen molar-refractivity contribution < 1.29 is 19.1 Å². The molecule has 1 aromatic carbocycles. The number of nitrogens with zero attached hydrogens (tertiary/aromatic N) is 1. The highest BCUT2D eigenvalue weighted by Gasteiger charge is 2.17. The first-order valence-corrected chi connectivity index (χ1v) is 9.56. The third kappa shape index (κ3) is 5.25. The minimum absolute atomic E-state index is 0.253. The summed E-state index contributed by atoms with van der Waals surface area (Å²) >= 11 is 2.53. The Kier molecular flexibility index (Phi) is 6.35. The van der Waals surface area contributed by atoms with Gasteiger partial charge in [0.15, 0.2) is 6.61 Å². The van der Waals surface area contributed by atoms with Gasteiger partial charge in [-0.25, -0.2) is 9.78 Å². The predicted molar refractivity (Wildman–Crippen MR) is 102 cm³/mol. The van der Waals surface area contributed by atoms with Gasteiger partial charge in [-0.2, -0.15) is 0 Å². The van der Waals surface area contributed by atoms with Crippen LogP contribution in [-0.4, -0.2) is 29.4 Å². The summed E-state index contributed by atoms with van der Waals surface area (Å²) in [6, 6.07) is 16.0. The van der Waals surface area contributed by atoms with Crippen LogP contribution in [0.3, 0.4) is 0 Å². The predicted octanol–water partition coefficient (Wildman–Crippen LogP) is 3.41. The fourth-order valence-corrected chi connectivity index (χ4v) is 3.58. The largest absolute Gasteiger partial charge is 0.452 e. The fraction of sp³-hybridized carbons (Fsp3) is 0.0526. The fourth-order valence-electron chi connectivity index (χ4n) is 2.07. The van der Waals surface area contributed by atoms with E-state index in [9.17, 15) is 14.4 Å². The van der Waals surface area contributed by atoms with E-state index in [0.717, 1.165) is 4.90 Å². The SMILES string of the molecule is O=C(COC(=O)c1cccnc1Sc1ccccc1)NC(=O)c1cccs1. The Hall–Kier alpha value is -2.97. The van der Waals surface area contributed by atoms with Crippen molar-refractivity contribution in [3.8, 4) is 0 Å². The maximum Gasteiger partial charge on any atom is 0.341 e. The summed E-state index contributed by atoms with van der Waals surface area (Å²) in [4.78, 5) is 41.5. The highest BCUT2D eigenvalue weighted by molar-refractivity contribution is 7.99. The third-order valence-electron chi connectivity index (χ3n) is 3.28. The van der Waals surface area contributed by atoms with Gasteiger partial charge >= 0.3 is 5.97 Å². The van der Waals surface area contributed by atoms with E-state index in [1.54, 1.807) is 35.8 Å². The number of esters is 1. The molecule has 0 aliphatic heterocycles. The molecular weight excluding hydrogens is 384 g/mol. The van der Waals surface area contributed by atoms with Crippen LogP contribution in [0.25, 0.3) is 0 Å². The first-order chi connectivity index (χ1) is 13.1. The van der Waals surface area contributed by atoms with Gasteiger partial charge < -0.3 is 4.74 Å². The number of hydrogen-bond donors (Lipinski definition) is 1. The summed E-state index contributed by atoms with van der Waals surface area (Å²) in [6.45, 7) is -0.555. The molecule has 2 amide bonds. The Morgan fingerprint density at radius 2 is 1.85 bits per heavy atom. The Labute approximate surface area is 163 Å². The Balaban J connectivity index is 1.59. The van der Waals surface area contributed by atoms with Gasteiger partial charge in [0.05, 0.1) is 10.4 Å². The van der Waals surface area contributed by atoms with Crippen molar-refractivity contribution in [2.45, 2.75) is 9.92 Å². The number of carbonyl (C=O) groups excluding carboxylic acids is 3. The summed E-state index contributed by atoms with van der Waals surface area (Å²) in [5.41, 5.74) is 0.253. The number of thiophene rings is 1. The van der Waals surface area contributed by atoms with E-state index in [1.165, 1.54) is 23.1 Å². The summed E-state index contributed by atoms with van der Waals surface area (Å²) < 4.78 is 5.03. The van der Waals surface area contributed by atoms with Crippen molar-refractivity contribution >= 4 is 40.9 Å². The first kappa shape index (κ1) is 18.8. The van der Waals surface area contributed by atoms with Crippen molar-refractivity contribution in [1.29, 1.82) is 0 Å². The Morgan fingerprint density at radius 1 is 1.04 bits per heavy atom. The normalized spacial score (nSPS) is 10.2. The van der Waals surface area contributed by atoms with Crippen LogP contribution in [0.2, 0.25) is 0 Å². The molecule has 1 N–H and O–H groups in total. The molecule has 0 aliphatic carbocycles. The van der Waals surface area contributed by atoms with E-state index in [-0.39, 0.29) is 5.56 Å². The summed E-state index contributed by atoms with van der Waals surface area (Å²) in [5, 5.41) is 4.38. The molecule has 0 aliphatic rings. The van der Waals surface area contributed by atoms with Crippen molar-refractivity contribution in [3.05, 3.63) is 76.6 Å². The third-order valence-corrected chi connectivity index (χ3v) is 5.18. The molecule has 0 saturated heterocycles. The van der Waals surface area contributed by atoms with Crippen LogP contribution in [0, 0.1) is 0 Å². The van der Waals surface area contributed by atoms with Gasteiger partial charge in [0.25, 0.3) is 11.8 Å². The van der Waals surface area contributed by atoms with E-state index in [2.05, 4.69) is 10.3 Å². The van der Waals surface area contributed by atoms with E-state index in [0.29, 0.717) is 9.90 Å². The molecule has 136 valence electrons. The maximum atomic E-state index is 12.3. The molecule has 0 atom stereocenters. The zero-order chi connectivity index (χ0) is 19.1. The second-order valence-electron chi connectivity index (χ2n) is 5.20. The standard InChI is InChI=1S/C19H14N2O4S2/c22-16(21-17(23)15-9-5-11-26-15)12-25-19(24)14-8-4-10-20-18(14)27-13-6-2-1-3-7-13/h1-11H,12H2,(H,21,22,23). The van der Waals surface area contributed by atoms with Crippen LogP contribution in [0.5, 0.6) is 0 Å². The van der Waals surface area contributed by atoms with Crippen molar-refractivity contribution in [1.82, 2.24) is 10.3 Å². The number of nitrogens with one attached hydrogen (secondary N) is 1. The molecule has 8 heteroatoms. The molecule has 0 bridgehead atoms. The van der Waals surface area contributed by atoms with Crippen LogP contribution in [0.4, 0.5) is 0 Å². The van der Waals surface area contributed by atoms with Crippen LogP contribution in [-0.2, 0) is 9.53 Å². The zero-order valence-electron chi connectivity index (χ0n) is 14.0. The number of imide groups is 1. The summed E-state index contributed by atoms with van der Waals surface area (Å²) in [6.07, 6.45) is 1.58. The van der Waals surface area contributed by atoms with Gasteiger partial charge in [0.2, 0.25) is 0 Å². The van der Waals surface area contributed by atoms with Gasteiger partial charge in [0.1, 0.15) is 5.03 Å². The van der Waals surface area contributed by atoms with Gasteiger partial charge in [-0.15, -0.1) is 11.3 Å². The highest BCUT2D eigenvalue weighted by atomic mass is 32.2. The van der Waals surface area contributed by atoms with Crippen molar-refractivity contribution in [2.75, 3.05) is 6.61 Å². The van der Waals surface area contributed by atoms with Crippen molar-refractivity contribution in [3.63, 3.8) is 0 Å². The van der Waals surface area contributed by atoms with Gasteiger partial charge in [-0.1, -0.05) is 36.0 Å². The van der Waals surface area contributed by atoms with E-state index >= 15 is 0 Å². The second kappa shape index (κ2) is 9.11. The summed E-state index contributed by atoms with van der Waals surface area (Å²) in [7, 11) is 0. The first-order valence-electron chi connectivity index (χ1n) is 7.86. The molecule has 0 spiro atoms. The molecule has 0 unspecified atom stereocenters.